The first kappa shape index (κ1) is 8.59. The van der Waals surface area contributed by atoms with E-state index in [4.69, 9.17) is 10.8 Å². The van der Waals surface area contributed by atoms with Crippen molar-refractivity contribution in [1.82, 2.24) is 0 Å². The van der Waals surface area contributed by atoms with Gasteiger partial charge in [0.15, 0.2) is 0 Å². The molecule has 9 heavy (non-hydrogen) atoms. The average Bonchev–Trinajstić information content (AvgIpc) is 1.86. The third-order valence-electron chi connectivity index (χ3n) is 1.46. The lowest BCUT2D eigenvalue weighted by molar-refractivity contribution is -0.111. The van der Waals surface area contributed by atoms with Crippen molar-refractivity contribution in [3.8, 4) is 0 Å². The van der Waals surface area contributed by atoms with Crippen LogP contribution >= 0.6 is 0 Å². The van der Waals surface area contributed by atoms with Crippen LogP contribution in [0.15, 0.2) is 0 Å². The molecule has 0 bridgehead atoms. The molecule has 1 atom stereocenters. The van der Waals surface area contributed by atoms with Gasteiger partial charge in [-0.1, -0.05) is 13.8 Å². The smallest absolute Gasteiger partial charge is 0.137 e. The van der Waals surface area contributed by atoms with Crippen molar-refractivity contribution in [2.45, 2.75) is 19.9 Å². The molecule has 0 aliphatic carbocycles. The molecule has 3 heteroatoms. The topological polar surface area (TPSA) is 63.3 Å². The third-order valence-corrected chi connectivity index (χ3v) is 1.46. The molecule has 0 amide bonds. The molecular formula is C6H13NO2. The molecular weight excluding hydrogens is 118 g/mol. The predicted molar refractivity (Wildman–Crippen MR) is 34.9 cm³/mol. The van der Waals surface area contributed by atoms with Crippen LogP contribution in [0.4, 0.5) is 0 Å². The summed E-state index contributed by atoms with van der Waals surface area (Å²) in [5.41, 5.74) is 4.85. The normalized spacial score (nSPS) is 15.1. The molecule has 0 aliphatic rings. The van der Waals surface area contributed by atoms with E-state index in [9.17, 15) is 4.79 Å². The standard InChI is InChI=1S/C6H13NO2/c1-6(2,4-9)5(7)3-8/h3,5,9H,4,7H2,1-2H3. The van der Waals surface area contributed by atoms with Gasteiger partial charge < -0.3 is 15.6 Å². The lowest BCUT2D eigenvalue weighted by Crippen LogP contribution is -2.41. The second-order valence-corrected chi connectivity index (χ2v) is 2.81. The molecule has 54 valence electrons. The van der Waals surface area contributed by atoms with Crippen molar-refractivity contribution in [3.63, 3.8) is 0 Å². The summed E-state index contributed by atoms with van der Waals surface area (Å²) in [7, 11) is 0. The van der Waals surface area contributed by atoms with Crippen LogP contribution in [0.25, 0.3) is 0 Å². The predicted octanol–water partition coefficient (Wildman–Crippen LogP) is -0.469. The van der Waals surface area contributed by atoms with Gasteiger partial charge in [-0.25, -0.2) is 0 Å². The number of aliphatic hydroxyl groups excluding tert-OH is 1. The van der Waals surface area contributed by atoms with Crippen molar-refractivity contribution in [2.75, 3.05) is 6.61 Å². The lowest BCUT2D eigenvalue weighted by Gasteiger charge is -2.24. The fourth-order valence-electron chi connectivity index (χ4n) is 0.290. The highest BCUT2D eigenvalue weighted by Gasteiger charge is 2.24. The number of nitrogens with two attached hydrogens (primary N) is 1. The summed E-state index contributed by atoms with van der Waals surface area (Å²) in [6, 6.07) is -0.567. The van der Waals surface area contributed by atoms with E-state index in [2.05, 4.69) is 0 Å². The van der Waals surface area contributed by atoms with Crippen molar-refractivity contribution in [2.24, 2.45) is 11.1 Å². The van der Waals surface area contributed by atoms with Crippen LogP contribution < -0.4 is 5.73 Å². The zero-order valence-electron chi connectivity index (χ0n) is 5.79. The van der Waals surface area contributed by atoms with Crippen LogP contribution in [0.3, 0.4) is 0 Å². The summed E-state index contributed by atoms with van der Waals surface area (Å²) >= 11 is 0. The van der Waals surface area contributed by atoms with Gasteiger partial charge in [0.05, 0.1) is 12.6 Å². The molecule has 0 radical (unpaired) electrons. The number of carbonyl (C=O) groups excluding carboxylic acids is 1. The Morgan fingerprint density at radius 3 is 2.33 bits per heavy atom. The van der Waals surface area contributed by atoms with Crippen molar-refractivity contribution in [1.29, 1.82) is 0 Å². The third kappa shape index (κ3) is 2.11. The first-order valence-electron chi connectivity index (χ1n) is 2.86. The Labute approximate surface area is 54.9 Å². The monoisotopic (exact) mass is 131 g/mol. The summed E-state index contributed by atoms with van der Waals surface area (Å²) in [5, 5.41) is 8.66. The number of aliphatic hydroxyl groups is 1. The molecule has 0 spiro atoms. The van der Waals surface area contributed by atoms with E-state index in [1.807, 2.05) is 0 Å². The number of rotatable bonds is 3. The second kappa shape index (κ2) is 2.94. The fraction of sp³-hybridized carbons (Fsp3) is 0.833. The van der Waals surface area contributed by atoms with E-state index in [1.165, 1.54) is 0 Å². The molecule has 0 rings (SSSR count). The first-order chi connectivity index (χ1) is 4.04. The Balaban J connectivity index is 3.95. The Kier molecular flexibility index (Phi) is 2.81. The first-order valence-corrected chi connectivity index (χ1v) is 2.86. The van der Waals surface area contributed by atoms with E-state index in [0.717, 1.165) is 0 Å². The van der Waals surface area contributed by atoms with Crippen LogP contribution in [0.1, 0.15) is 13.8 Å². The maximum Gasteiger partial charge on any atom is 0.137 e. The van der Waals surface area contributed by atoms with Crippen LogP contribution in [-0.4, -0.2) is 24.0 Å². The Bertz CT molecular complexity index is 101. The van der Waals surface area contributed by atoms with Gasteiger partial charge in [0.2, 0.25) is 0 Å². The number of hydrogen-bond donors (Lipinski definition) is 2. The van der Waals surface area contributed by atoms with E-state index in [0.29, 0.717) is 6.29 Å². The molecule has 3 N–H and O–H groups in total. The zero-order chi connectivity index (χ0) is 7.49. The van der Waals surface area contributed by atoms with Gasteiger partial charge in [0.1, 0.15) is 6.29 Å². The summed E-state index contributed by atoms with van der Waals surface area (Å²) in [6.45, 7) is 3.42. The van der Waals surface area contributed by atoms with Crippen LogP contribution in [0.5, 0.6) is 0 Å². The number of hydrogen-bond acceptors (Lipinski definition) is 3. The van der Waals surface area contributed by atoms with E-state index in [-0.39, 0.29) is 6.61 Å². The Hall–Kier alpha value is -0.410. The average molecular weight is 131 g/mol. The molecule has 0 aromatic carbocycles. The van der Waals surface area contributed by atoms with Gasteiger partial charge in [-0.05, 0) is 0 Å². The molecule has 0 aliphatic heterocycles. The Morgan fingerprint density at radius 1 is 1.78 bits per heavy atom. The van der Waals surface area contributed by atoms with Crippen molar-refractivity contribution >= 4 is 6.29 Å². The quantitative estimate of drug-likeness (QED) is 0.509. The molecule has 0 saturated heterocycles. The number of aldehydes is 1. The highest BCUT2D eigenvalue weighted by Crippen LogP contribution is 2.15. The molecule has 0 aromatic rings. The maximum atomic E-state index is 10.1. The summed E-state index contributed by atoms with van der Waals surface area (Å²) in [5.74, 6) is 0. The van der Waals surface area contributed by atoms with Gasteiger partial charge in [-0.3, -0.25) is 0 Å². The summed E-state index contributed by atoms with van der Waals surface area (Å²) in [6.07, 6.45) is 0.649. The fourth-order valence-corrected chi connectivity index (χ4v) is 0.290. The largest absolute Gasteiger partial charge is 0.396 e. The van der Waals surface area contributed by atoms with E-state index < -0.39 is 11.5 Å². The zero-order valence-corrected chi connectivity index (χ0v) is 5.79. The van der Waals surface area contributed by atoms with Crippen molar-refractivity contribution in [3.05, 3.63) is 0 Å². The van der Waals surface area contributed by atoms with Gasteiger partial charge in [0, 0.05) is 5.41 Å². The Morgan fingerprint density at radius 2 is 2.22 bits per heavy atom. The van der Waals surface area contributed by atoms with Crippen LogP contribution in [-0.2, 0) is 4.79 Å². The minimum absolute atomic E-state index is 0.0626. The minimum Gasteiger partial charge on any atom is -0.396 e. The molecule has 0 heterocycles. The van der Waals surface area contributed by atoms with Gasteiger partial charge in [0.25, 0.3) is 0 Å². The van der Waals surface area contributed by atoms with E-state index >= 15 is 0 Å². The molecule has 0 fully saturated rings. The highest BCUT2D eigenvalue weighted by molar-refractivity contribution is 5.58. The molecule has 3 nitrogen and oxygen atoms in total. The highest BCUT2D eigenvalue weighted by atomic mass is 16.3. The molecule has 0 saturated carbocycles. The minimum atomic E-state index is -0.567. The molecule has 0 aromatic heterocycles. The number of carbonyl (C=O) groups is 1. The van der Waals surface area contributed by atoms with Crippen LogP contribution in [0.2, 0.25) is 0 Å². The van der Waals surface area contributed by atoms with Gasteiger partial charge >= 0.3 is 0 Å². The lowest BCUT2D eigenvalue weighted by atomic mass is 9.87. The van der Waals surface area contributed by atoms with Crippen LogP contribution in [0, 0.1) is 5.41 Å². The van der Waals surface area contributed by atoms with Gasteiger partial charge in [-0.15, -0.1) is 0 Å². The van der Waals surface area contributed by atoms with E-state index in [1.54, 1.807) is 13.8 Å². The second-order valence-electron chi connectivity index (χ2n) is 2.81. The maximum absolute atomic E-state index is 10.1. The molecule has 1 unspecified atom stereocenters. The summed E-state index contributed by atoms with van der Waals surface area (Å²) < 4.78 is 0. The van der Waals surface area contributed by atoms with Gasteiger partial charge in [-0.2, -0.15) is 0 Å². The summed E-state index contributed by atoms with van der Waals surface area (Å²) in [4.78, 5) is 10.1. The SMILES string of the molecule is CC(C)(CO)C(N)C=O. The van der Waals surface area contributed by atoms with Crippen molar-refractivity contribution < 1.29 is 9.90 Å².